The van der Waals surface area contributed by atoms with Gasteiger partial charge in [-0.05, 0) is 18.3 Å². The van der Waals surface area contributed by atoms with Crippen molar-refractivity contribution in [1.29, 1.82) is 0 Å². The molecule has 1 heterocycles. The van der Waals surface area contributed by atoms with Crippen LogP contribution in [0.5, 0.6) is 0 Å². The molecule has 0 aromatic heterocycles. The van der Waals surface area contributed by atoms with Gasteiger partial charge in [0, 0.05) is 25.8 Å². The fourth-order valence-corrected chi connectivity index (χ4v) is 1.97. The Morgan fingerprint density at radius 1 is 1.41 bits per heavy atom. The molecule has 0 aliphatic carbocycles. The molecule has 0 amide bonds. The third-order valence-electron chi connectivity index (χ3n) is 3.02. The van der Waals surface area contributed by atoms with Gasteiger partial charge in [0.2, 0.25) is 0 Å². The Balaban J connectivity index is 2.07. The Labute approximate surface area is 105 Å². The summed E-state index contributed by atoms with van der Waals surface area (Å²) >= 11 is 0. The lowest BCUT2D eigenvalue weighted by Crippen LogP contribution is -2.45. The number of hydrogen-bond donors (Lipinski definition) is 2. The monoisotopic (exact) mass is 245 g/mol. The molecule has 4 nitrogen and oxygen atoms in total. The van der Waals surface area contributed by atoms with Crippen LogP contribution < -0.4 is 5.32 Å². The highest BCUT2D eigenvalue weighted by Gasteiger charge is 2.21. The number of ether oxygens (including phenoxy) is 2. The zero-order valence-corrected chi connectivity index (χ0v) is 11.3. The SMILES string of the molecule is CC(C)COCC(O)CNC1CCOCC1C. The van der Waals surface area contributed by atoms with Gasteiger partial charge >= 0.3 is 0 Å². The maximum atomic E-state index is 9.76. The summed E-state index contributed by atoms with van der Waals surface area (Å²) in [6, 6.07) is 0.462. The van der Waals surface area contributed by atoms with Crippen molar-refractivity contribution in [3.05, 3.63) is 0 Å². The Morgan fingerprint density at radius 2 is 2.18 bits per heavy atom. The second-order valence-electron chi connectivity index (χ2n) is 5.44. The largest absolute Gasteiger partial charge is 0.389 e. The predicted octanol–water partition coefficient (Wildman–Crippen LogP) is 1.03. The van der Waals surface area contributed by atoms with Crippen LogP contribution in [0.25, 0.3) is 0 Å². The van der Waals surface area contributed by atoms with Crippen molar-refractivity contribution >= 4 is 0 Å². The summed E-state index contributed by atoms with van der Waals surface area (Å²) in [6.45, 7) is 9.77. The first-order chi connectivity index (χ1) is 8.09. The molecule has 0 bridgehead atoms. The molecular formula is C13H27NO3. The quantitative estimate of drug-likeness (QED) is 0.703. The van der Waals surface area contributed by atoms with Gasteiger partial charge < -0.3 is 19.9 Å². The summed E-state index contributed by atoms with van der Waals surface area (Å²) in [4.78, 5) is 0. The molecule has 4 heteroatoms. The van der Waals surface area contributed by atoms with Gasteiger partial charge in [-0.1, -0.05) is 20.8 Å². The Bertz CT molecular complexity index is 199. The van der Waals surface area contributed by atoms with Gasteiger partial charge in [-0.2, -0.15) is 0 Å². The topological polar surface area (TPSA) is 50.7 Å². The van der Waals surface area contributed by atoms with E-state index in [1.807, 2.05) is 0 Å². The molecule has 102 valence electrons. The van der Waals surface area contributed by atoms with E-state index in [9.17, 15) is 5.11 Å². The van der Waals surface area contributed by atoms with Crippen molar-refractivity contribution < 1.29 is 14.6 Å². The summed E-state index contributed by atoms with van der Waals surface area (Å²) in [6.07, 6.45) is 0.615. The third kappa shape index (κ3) is 6.36. The average Bonchev–Trinajstić information content (AvgIpc) is 2.27. The van der Waals surface area contributed by atoms with Crippen LogP contribution in [0.3, 0.4) is 0 Å². The second-order valence-corrected chi connectivity index (χ2v) is 5.44. The highest BCUT2D eigenvalue weighted by Crippen LogP contribution is 2.13. The van der Waals surface area contributed by atoms with E-state index in [2.05, 4.69) is 26.1 Å². The molecular weight excluding hydrogens is 218 g/mol. The molecule has 3 atom stereocenters. The molecule has 0 aromatic carbocycles. The Kier molecular flexibility index (Phi) is 7.04. The van der Waals surface area contributed by atoms with Crippen molar-refractivity contribution in [3.63, 3.8) is 0 Å². The number of hydrogen-bond acceptors (Lipinski definition) is 4. The third-order valence-corrected chi connectivity index (χ3v) is 3.02. The van der Waals surface area contributed by atoms with Crippen LogP contribution >= 0.6 is 0 Å². The Hall–Kier alpha value is -0.160. The predicted molar refractivity (Wildman–Crippen MR) is 68.1 cm³/mol. The standard InChI is InChI=1S/C13H27NO3/c1-10(2)7-17-9-12(15)6-14-13-4-5-16-8-11(13)3/h10-15H,4-9H2,1-3H3. The summed E-state index contributed by atoms with van der Waals surface area (Å²) in [5.41, 5.74) is 0. The first-order valence-corrected chi connectivity index (χ1v) is 6.66. The highest BCUT2D eigenvalue weighted by molar-refractivity contribution is 4.77. The van der Waals surface area contributed by atoms with E-state index in [0.29, 0.717) is 37.6 Å². The number of nitrogens with one attached hydrogen (secondary N) is 1. The highest BCUT2D eigenvalue weighted by atomic mass is 16.5. The normalized spacial score (nSPS) is 27.4. The number of rotatable bonds is 7. The molecule has 0 radical (unpaired) electrons. The first-order valence-electron chi connectivity index (χ1n) is 6.66. The molecule has 1 aliphatic heterocycles. The van der Waals surface area contributed by atoms with E-state index in [1.165, 1.54) is 0 Å². The maximum Gasteiger partial charge on any atom is 0.0897 e. The molecule has 0 saturated carbocycles. The van der Waals surface area contributed by atoms with Crippen LogP contribution in [0.2, 0.25) is 0 Å². The van der Waals surface area contributed by atoms with Crippen LogP contribution in [0.4, 0.5) is 0 Å². The minimum atomic E-state index is -0.413. The van der Waals surface area contributed by atoms with E-state index >= 15 is 0 Å². The number of aliphatic hydroxyl groups is 1. The summed E-state index contributed by atoms with van der Waals surface area (Å²) in [7, 11) is 0. The zero-order chi connectivity index (χ0) is 12.7. The molecule has 3 unspecified atom stereocenters. The van der Waals surface area contributed by atoms with Gasteiger partial charge in [-0.3, -0.25) is 0 Å². The van der Waals surface area contributed by atoms with E-state index in [0.717, 1.165) is 19.6 Å². The fourth-order valence-electron chi connectivity index (χ4n) is 1.97. The minimum absolute atomic E-state index is 0.413. The van der Waals surface area contributed by atoms with E-state index in [4.69, 9.17) is 9.47 Å². The molecule has 2 N–H and O–H groups in total. The van der Waals surface area contributed by atoms with Gasteiger partial charge in [0.25, 0.3) is 0 Å². The molecule has 1 aliphatic rings. The van der Waals surface area contributed by atoms with Crippen molar-refractivity contribution in [2.75, 3.05) is 33.0 Å². The lowest BCUT2D eigenvalue weighted by Gasteiger charge is -2.30. The van der Waals surface area contributed by atoms with E-state index in [-0.39, 0.29) is 0 Å². The van der Waals surface area contributed by atoms with Gasteiger partial charge in [0.15, 0.2) is 0 Å². The molecule has 0 spiro atoms. The van der Waals surface area contributed by atoms with Crippen LogP contribution in [-0.2, 0) is 9.47 Å². The van der Waals surface area contributed by atoms with E-state index < -0.39 is 6.10 Å². The molecule has 1 rings (SSSR count). The van der Waals surface area contributed by atoms with Crippen LogP contribution in [-0.4, -0.2) is 50.2 Å². The smallest absolute Gasteiger partial charge is 0.0897 e. The van der Waals surface area contributed by atoms with Crippen molar-refractivity contribution in [3.8, 4) is 0 Å². The zero-order valence-electron chi connectivity index (χ0n) is 11.3. The van der Waals surface area contributed by atoms with Gasteiger partial charge in [0.1, 0.15) is 0 Å². The Morgan fingerprint density at radius 3 is 2.82 bits per heavy atom. The lowest BCUT2D eigenvalue weighted by atomic mass is 9.98. The molecule has 0 aromatic rings. The summed E-state index contributed by atoms with van der Waals surface area (Å²) in [5, 5.41) is 13.2. The lowest BCUT2D eigenvalue weighted by molar-refractivity contribution is 0.0122. The average molecular weight is 245 g/mol. The summed E-state index contributed by atoms with van der Waals surface area (Å²) in [5.74, 6) is 1.04. The van der Waals surface area contributed by atoms with Crippen molar-refractivity contribution in [2.45, 2.75) is 39.3 Å². The molecule has 1 saturated heterocycles. The van der Waals surface area contributed by atoms with Crippen LogP contribution in [0.1, 0.15) is 27.2 Å². The van der Waals surface area contributed by atoms with Gasteiger partial charge in [0.05, 0.1) is 19.3 Å². The first kappa shape index (κ1) is 14.9. The summed E-state index contributed by atoms with van der Waals surface area (Å²) < 4.78 is 10.8. The van der Waals surface area contributed by atoms with Gasteiger partial charge in [-0.25, -0.2) is 0 Å². The maximum absolute atomic E-state index is 9.76. The van der Waals surface area contributed by atoms with Crippen molar-refractivity contribution in [1.82, 2.24) is 5.32 Å². The van der Waals surface area contributed by atoms with Crippen molar-refractivity contribution in [2.24, 2.45) is 11.8 Å². The number of aliphatic hydroxyl groups excluding tert-OH is 1. The molecule has 1 fully saturated rings. The fraction of sp³-hybridized carbons (Fsp3) is 1.00. The van der Waals surface area contributed by atoms with Gasteiger partial charge in [-0.15, -0.1) is 0 Å². The van der Waals surface area contributed by atoms with E-state index in [1.54, 1.807) is 0 Å². The minimum Gasteiger partial charge on any atom is -0.389 e. The van der Waals surface area contributed by atoms with Crippen LogP contribution in [0, 0.1) is 11.8 Å². The van der Waals surface area contributed by atoms with Crippen LogP contribution in [0.15, 0.2) is 0 Å². The molecule has 17 heavy (non-hydrogen) atoms. The second kappa shape index (κ2) is 8.03.